The summed E-state index contributed by atoms with van der Waals surface area (Å²) in [5.41, 5.74) is 2.30. The van der Waals surface area contributed by atoms with Crippen molar-refractivity contribution in [3.05, 3.63) is 70.8 Å². The molecule has 128 valence electrons. The van der Waals surface area contributed by atoms with Gasteiger partial charge in [0.1, 0.15) is 5.82 Å². The summed E-state index contributed by atoms with van der Waals surface area (Å²) in [5, 5.41) is 13.1. The van der Waals surface area contributed by atoms with Crippen molar-refractivity contribution >= 4 is 29.5 Å². The number of amides is 1. The standard InChI is InChI=1S/C18H19N5OS/c1-23-16(21-22-18(23)25)11-12-19-17(24)14-9-5-6-10-15(14)20-13-7-3-2-4-8-13/h2-10,20H,11-12H2,1H3,(H,19,24)(H,22,25). The van der Waals surface area contributed by atoms with Gasteiger partial charge in [0.15, 0.2) is 4.77 Å². The maximum atomic E-state index is 12.5. The Hall–Kier alpha value is -2.93. The number of H-pyrrole nitrogens is 1. The van der Waals surface area contributed by atoms with E-state index in [0.29, 0.717) is 23.3 Å². The van der Waals surface area contributed by atoms with Crippen molar-refractivity contribution in [3.63, 3.8) is 0 Å². The summed E-state index contributed by atoms with van der Waals surface area (Å²) in [7, 11) is 1.85. The lowest BCUT2D eigenvalue weighted by atomic mass is 10.1. The lowest BCUT2D eigenvalue weighted by molar-refractivity contribution is 0.0954. The average molecular weight is 353 g/mol. The number of hydrogen-bond donors (Lipinski definition) is 3. The van der Waals surface area contributed by atoms with Gasteiger partial charge in [-0.3, -0.25) is 9.89 Å². The topological polar surface area (TPSA) is 74.7 Å². The van der Waals surface area contributed by atoms with Crippen LogP contribution in [-0.2, 0) is 13.5 Å². The van der Waals surface area contributed by atoms with Gasteiger partial charge in [-0.1, -0.05) is 30.3 Å². The minimum atomic E-state index is -0.129. The molecule has 1 heterocycles. The lowest BCUT2D eigenvalue weighted by Gasteiger charge is -2.12. The van der Waals surface area contributed by atoms with Crippen LogP contribution < -0.4 is 10.6 Å². The van der Waals surface area contributed by atoms with Crippen LogP contribution in [0.1, 0.15) is 16.2 Å². The molecule has 6 nitrogen and oxygen atoms in total. The van der Waals surface area contributed by atoms with E-state index in [2.05, 4.69) is 20.8 Å². The number of nitrogens with one attached hydrogen (secondary N) is 3. The molecule has 25 heavy (non-hydrogen) atoms. The second kappa shape index (κ2) is 7.76. The highest BCUT2D eigenvalue weighted by Gasteiger charge is 2.11. The molecule has 3 N–H and O–H groups in total. The van der Waals surface area contributed by atoms with Crippen LogP contribution in [0.3, 0.4) is 0 Å². The number of aromatic amines is 1. The van der Waals surface area contributed by atoms with Gasteiger partial charge < -0.3 is 15.2 Å². The van der Waals surface area contributed by atoms with E-state index in [1.54, 1.807) is 10.6 Å². The molecule has 0 atom stereocenters. The summed E-state index contributed by atoms with van der Waals surface area (Å²) in [4.78, 5) is 12.5. The van der Waals surface area contributed by atoms with Crippen molar-refractivity contribution in [2.45, 2.75) is 6.42 Å². The third-order valence-corrected chi connectivity index (χ3v) is 4.20. The zero-order chi connectivity index (χ0) is 17.6. The van der Waals surface area contributed by atoms with Crippen LogP contribution in [0.4, 0.5) is 11.4 Å². The molecule has 3 aromatic rings. The van der Waals surface area contributed by atoms with E-state index in [-0.39, 0.29) is 5.91 Å². The zero-order valence-corrected chi connectivity index (χ0v) is 14.6. The summed E-state index contributed by atoms with van der Waals surface area (Å²) in [6, 6.07) is 17.2. The van der Waals surface area contributed by atoms with Gasteiger partial charge in [0, 0.05) is 25.7 Å². The van der Waals surface area contributed by atoms with Gasteiger partial charge in [0.25, 0.3) is 5.91 Å². The molecule has 0 radical (unpaired) electrons. The van der Waals surface area contributed by atoms with Crippen molar-refractivity contribution in [2.75, 3.05) is 11.9 Å². The van der Waals surface area contributed by atoms with Gasteiger partial charge in [-0.25, -0.2) is 0 Å². The van der Waals surface area contributed by atoms with Crippen molar-refractivity contribution < 1.29 is 4.79 Å². The third kappa shape index (κ3) is 4.13. The number of rotatable bonds is 6. The first-order chi connectivity index (χ1) is 12.1. The molecule has 1 amide bonds. The monoisotopic (exact) mass is 353 g/mol. The van der Waals surface area contributed by atoms with Gasteiger partial charge in [0.2, 0.25) is 0 Å². The predicted octanol–water partition coefficient (Wildman–Crippen LogP) is 3.19. The van der Waals surface area contributed by atoms with Crippen LogP contribution >= 0.6 is 12.2 Å². The second-order valence-electron chi connectivity index (χ2n) is 5.55. The van der Waals surface area contributed by atoms with Gasteiger partial charge in [-0.15, -0.1) is 0 Å². The fourth-order valence-electron chi connectivity index (χ4n) is 2.45. The highest BCUT2D eigenvalue weighted by Crippen LogP contribution is 2.20. The van der Waals surface area contributed by atoms with Crippen LogP contribution in [0.2, 0.25) is 0 Å². The normalized spacial score (nSPS) is 10.4. The van der Waals surface area contributed by atoms with Gasteiger partial charge in [-0.2, -0.15) is 5.10 Å². The van der Waals surface area contributed by atoms with Gasteiger partial charge >= 0.3 is 0 Å². The van der Waals surface area contributed by atoms with Crippen molar-refractivity contribution in [1.82, 2.24) is 20.1 Å². The number of carbonyl (C=O) groups excluding carboxylic acids is 1. The minimum absolute atomic E-state index is 0.129. The molecule has 0 saturated carbocycles. The fraction of sp³-hybridized carbons (Fsp3) is 0.167. The number of nitrogens with zero attached hydrogens (tertiary/aromatic N) is 2. The lowest BCUT2D eigenvalue weighted by Crippen LogP contribution is -2.27. The molecule has 0 bridgehead atoms. The van der Waals surface area contributed by atoms with Crippen molar-refractivity contribution in [3.8, 4) is 0 Å². The molecular formula is C18H19N5OS. The smallest absolute Gasteiger partial charge is 0.253 e. The van der Waals surface area contributed by atoms with E-state index < -0.39 is 0 Å². The molecule has 0 aliphatic carbocycles. The number of aromatic nitrogens is 3. The van der Waals surface area contributed by atoms with E-state index >= 15 is 0 Å². The Morgan fingerprint density at radius 1 is 1.16 bits per heavy atom. The predicted molar refractivity (Wildman–Crippen MR) is 101 cm³/mol. The number of benzene rings is 2. The Bertz CT molecular complexity index is 916. The first kappa shape index (κ1) is 16.9. The molecule has 0 spiro atoms. The highest BCUT2D eigenvalue weighted by molar-refractivity contribution is 7.71. The second-order valence-corrected chi connectivity index (χ2v) is 5.93. The largest absolute Gasteiger partial charge is 0.355 e. The highest BCUT2D eigenvalue weighted by atomic mass is 32.1. The summed E-state index contributed by atoms with van der Waals surface area (Å²) < 4.78 is 2.37. The number of hydrogen-bond acceptors (Lipinski definition) is 4. The molecule has 0 aliphatic heterocycles. The minimum Gasteiger partial charge on any atom is -0.355 e. The van der Waals surface area contributed by atoms with Gasteiger partial charge in [0.05, 0.1) is 11.3 Å². The molecule has 7 heteroatoms. The molecular weight excluding hydrogens is 334 g/mol. The summed E-state index contributed by atoms with van der Waals surface area (Å²) in [6.07, 6.45) is 0.601. The van der Waals surface area contributed by atoms with Crippen LogP contribution in [0, 0.1) is 4.77 Å². The van der Waals surface area contributed by atoms with Gasteiger partial charge in [-0.05, 0) is 36.5 Å². The maximum Gasteiger partial charge on any atom is 0.253 e. The SMILES string of the molecule is Cn1c(CCNC(=O)c2ccccc2Nc2ccccc2)n[nH]c1=S. The maximum absolute atomic E-state index is 12.5. The zero-order valence-electron chi connectivity index (χ0n) is 13.8. The molecule has 0 unspecified atom stereocenters. The Morgan fingerprint density at radius 2 is 1.88 bits per heavy atom. The third-order valence-electron chi connectivity index (χ3n) is 3.83. The Balaban J connectivity index is 1.66. The first-order valence-electron chi connectivity index (χ1n) is 7.95. The molecule has 1 aromatic heterocycles. The Labute approximate surface area is 150 Å². The van der Waals surface area contributed by atoms with Crippen molar-refractivity contribution in [1.29, 1.82) is 0 Å². The first-order valence-corrected chi connectivity index (χ1v) is 8.35. The molecule has 3 rings (SSSR count). The molecule has 2 aromatic carbocycles. The summed E-state index contributed by atoms with van der Waals surface area (Å²) in [5.74, 6) is 0.678. The quantitative estimate of drug-likeness (QED) is 0.595. The van der Waals surface area contributed by atoms with Crippen LogP contribution in [0.25, 0.3) is 0 Å². The van der Waals surface area contributed by atoms with E-state index in [1.165, 1.54) is 0 Å². The Kier molecular flexibility index (Phi) is 5.25. The van der Waals surface area contributed by atoms with E-state index in [4.69, 9.17) is 12.2 Å². The summed E-state index contributed by atoms with van der Waals surface area (Å²) in [6.45, 7) is 0.478. The van der Waals surface area contributed by atoms with Crippen molar-refractivity contribution in [2.24, 2.45) is 7.05 Å². The van der Waals surface area contributed by atoms with Crippen LogP contribution in [-0.4, -0.2) is 27.2 Å². The molecule has 0 fully saturated rings. The molecule has 0 saturated heterocycles. The Morgan fingerprint density at radius 3 is 2.60 bits per heavy atom. The molecule has 0 aliphatic rings. The number of para-hydroxylation sites is 2. The number of anilines is 2. The summed E-state index contributed by atoms with van der Waals surface area (Å²) >= 11 is 5.08. The van der Waals surface area contributed by atoms with E-state index in [1.807, 2.05) is 55.6 Å². The number of carbonyl (C=O) groups is 1. The average Bonchev–Trinajstić information content (AvgIpc) is 2.95. The fourth-order valence-corrected chi connectivity index (χ4v) is 2.60. The van der Waals surface area contributed by atoms with E-state index in [9.17, 15) is 4.79 Å². The van der Waals surface area contributed by atoms with E-state index in [0.717, 1.165) is 17.2 Å². The van der Waals surface area contributed by atoms with Crippen LogP contribution in [0.15, 0.2) is 54.6 Å². The van der Waals surface area contributed by atoms with Crippen LogP contribution in [0.5, 0.6) is 0 Å².